The molecule has 1 aliphatic rings. The molecule has 0 aromatic carbocycles. The van der Waals surface area contributed by atoms with Gasteiger partial charge in [0.25, 0.3) is 0 Å². The fourth-order valence-electron chi connectivity index (χ4n) is 2.39. The number of hydrogen-bond acceptors (Lipinski definition) is 5. The van der Waals surface area contributed by atoms with E-state index in [4.69, 9.17) is 0 Å². The van der Waals surface area contributed by atoms with Crippen molar-refractivity contribution in [2.24, 2.45) is 0 Å². The van der Waals surface area contributed by atoms with Gasteiger partial charge < -0.3 is 9.80 Å². The van der Waals surface area contributed by atoms with E-state index in [2.05, 4.69) is 35.8 Å². The standard InChI is InChI=1S/C14H13BrF3N5/c15-10-2-1-4-19-12(10)22-6-8-23(9-7-22)13-20-5-3-11(21-13)14(16,17)18/h1-5H,6-9H2. The zero-order valence-corrected chi connectivity index (χ0v) is 13.5. The van der Waals surface area contributed by atoms with Crippen molar-refractivity contribution >= 4 is 27.7 Å². The summed E-state index contributed by atoms with van der Waals surface area (Å²) in [6.07, 6.45) is -1.60. The van der Waals surface area contributed by atoms with Crippen molar-refractivity contribution in [3.05, 3.63) is 40.8 Å². The van der Waals surface area contributed by atoms with E-state index in [9.17, 15) is 13.2 Å². The fourth-order valence-corrected chi connectivity index (χ4v) is 2.89. The Labute approximate surface area is 139 Å². The summed E-state index contributed by atoms with van der Waals surface area (Å²) in [5, 5.41) is 0. The quantitative estimate of drug-likeness (QED) is 0.792. The third-order valence-electron chi connectivity index (χ3n) is 3.53. The Kier molecular flexibility index (Phi) is 4.38. The first-order valence-electron chi connectivity index (χ1n) is 6.96. The second-order valence-electron chi connectivity index (χ2n) is 5.02. The van der Waals surface area contributed by atoms with E-state index in [0.29, 0.717) is 26.2 Å². The molecule has 0 atom stereocenters. The third kappa shape index (κ3) is 3.54. The molecule has 1 fully saturated rings. The van der Waals surface area contributed by atoms with E-state index in [1.165, 1.54) is 0 Å². The van der Waals surface area contributed by atoms with E-state index < -0.39 is 11.9 Å². The summed E-state index contributed by atoms with van der Waals surface area (Å²) in [6.45, 7) is 2.33. The highest BCUT2D eigenvalue weighted by atomic mass is 79.9. The lowest BCUT2D eigenvalue weighted by molar-refractivity contribution is -0.141. The van der Waals surface area contributed by atoms with E-state index in [0.717, 1.165) is 22.6 Å². The van der Waals surface area contributed by atoms with Gasteiger partial charge in [0.05, 0.1) is 4.47 Å². The zero-order valence-electron chi connectivity index (χ0n) is 12.0. The van der Waals surface area contributed by atoms with Crippen molar-refractivity contribution in [1.82, 2.24) is 15.0 Å². The second kappa shape index (κ2) is 6.31. The van der Waals surface area contributed by atoms with E-state index in [1.807, 2.05) is 12.1 Å². The summed E-state index contributed by atoms with van der Waals surface area (Å²) < 4.78 is 39.1. The lowest BCUT2D eigenvalue weighted by Gasteiger charge is -2.35. The van der Waals surface area contributed by atoms with Crippen LogP contribution >= 0.6 is 15.9 Å². The first-order chi connectivity index (χ1) is 10.9. The summed E-state index contributed by atoms with van der Waals surface area (Å²) >= 11 is 3.46. The van der Waals surface area contributed by atoms with Crippen LogP contribution in [0.1, 0.15) is 5.69 Å². The topological polar surface area (TPSA) is 45.2 Å². The molecule has 0 unspecified atom stereocenters. The van der Waals surface area contributed by atoms with Crippen LogP contribution in [0.2, 0.25) is 0 Å². The Morgan fingerprint density at radius 1 is 0.957 bits per heavy atom. The van der Waals surface area contributed by atoms with Gasteiger partial charge in [-0.3, -0.25) is 0 Å². The average molecular weight is 388 g/mol. The van der Waals surface area contributed by atoms with Crippen molar-refractivity contribution in [2.45, 2.75) is 6.18 Å². The van der Waals surface area contributed by atoms with Gasteiger partial charge >= 0.3 is 6.18 Å². The Hall–Kier alpha value is -1.90. The van der Waals surface area contributed by atoms with Crippen molar-refractivity contribution in [2.75, 3.05) is 36.0 Å². The first-order valence-corrected chi connectivity index (χ1v) is 7.75. The van der Waals surface area contributed by atoms with Crippen LogP contribution in [0.3, 0.4) is 0 Å². The molecule has 0 amide bonds. The molecule has 1 saturated heterocycles. The predicted octanol–water partition coefficient (Wildman–Crippen LogP) is 2.98. The van der Waals surface area contributed by atoms with Crippen LogP contribution in [-0.2, 0) is 6.18 Å². The van der Waals surface area contributed by atoms with Crippen LogP contribution < -0.4 is 9.80 Å². The molecule has 0 N–H and O–H groups in total. The Morgan fingerprint density at radius 2 is 1.65 bits per heavy atom. The van der Waals surface area contributed by atoms with Crippen molar-refractivity contribution < 1.29 is 13.2 Å². The maximum Gasteiger partial charge on any atom is 0.433 e. The van der Waals surface area contributed by atoms with Crippen LogP contribution in [0.25, 0.3) is 0 Å². The highest BCUT2D eigenvalue weighted by Gasteiger charge is 2.33. The number of halogens is 4. The van der Waals surface area contributed by atoms with Crippen molar-refractivity contribution in [1.29, 1.82) is 0 Å². The van der Waals surface area contributed by atoms with E-state index >= 15 is 0 Å². The Morgan fingerprint density at radius 3 is 2.30 bits per heavy atom. The SMILES string of the molecule is FC(F)(F)c1ccnc(N2CCN(c3ncccc3Br)CC2)n1. The normalized spacial score (nSPS) is 15.8. The molecular weight excluding hydrogens is 375 g/mol. The molecule has 0 bridgehead atoms. The van der Waals surface area contributed by atoms with Crippen LogP contribution in [0.15, 0.2) is 35.1 Å². The maximum atomic E-state index is 12.7. The van der Waals surface area contributed by atoms with E-state index in [-0.39, 0.29) is 5.95 Å². The van der Waals surface area contributed by atoms with Gasteiger partial charge in [-0.15, -0.1) is 0 Å². The molecule has 122 valence electrons. The van der Waals surface area contributed by atoms with Crippen LogP contribution in [-0.4, -0.2) is 41.1 Å². The molecule has 0 aliphatic carbocycles. The molecule has 0 spiro atoms. The number of aromatic nitrogens is 3. The predicted molar refractivity (Wildman–Crippen MR) is 83.4 cm³/mol. The summed E-state index contributed by atoms with van der Waals surface area (Å²) in [7, 11) is 0. The van der Waals surface area contributed by atoms with Gasteiger partial charge in [0.1, 0.15) is 11.5 Å². The smallest absolute Gasteiger partial charge is 0.352 e. The largest absolute Gasteiger partial charge is 0.433 e. The molecular formula is C14H13BrF3N5. The van der Waals surface area contributed by atoms with Gasteiger partial charge in [0.15, 0.2) is 0 Å². The second-order valence-corrected chi connectivity index (χ2v) is 5.88. The highest BCUT2D eigenvalue weighted by molar-refractivity contribution is 9.10. The molecule has 2 aromatic heterocycles. The van der Waals surface area contributed by atoms with E-state index in [1.54, 1.807) is 11.1 Å². The van der Waals surface area contributed by atoms with Crippen LogP contribution in [0.5, 0.6) is 0 Å². The molecule has 0 saturated carbocycles. The van der Waals surface area contributed by atoms with Crippen molar-refractivity contribution in [3.8, 4) is 0 Å². The summed E-state index contributed by atoms with van der Waals surface area (Å²) in [6, 6.07) is 4.62. The monoisotopic (exact) mass is 387 g/mol. The molecule has 3 heterocycles. The zero-order chi connectivity index (χ0) is 16.4. The number of hydrogen-bond donors (Lipinski definition) is 0. The Balaban J connectivity index is 1.71. The summed E-state index contributed by atoms with van der Waals surface area (Å²) in [5.41, 5.74) is -0.919. The Bertz CT molecular complexity index is 686. The van der Waals surface area contributed by atoms with Crippen LogP contribution in [0.4, 0.5) is 24.9 Å². The summed E-state index contributed by atoms with van der Waals surface area (Å²) in [5.74, 6) is 0.941. The number of piperazine rings is 1. The van der Waals surface area contributed by atoms with Gasteiger partial charge in [0.2, 0.25) is 5.95 Å². The van der Waals surface area contributed by atoms with Crippen LogP contribution in [0, 0.1) is 0 Å². The van der Waals surface area contributed by atoms with Gasteiger partial charge in [-0.2, -0.15) is 13.2 Å². The molecule has 2 aromatic rings. The maximum absolute atomic E-state index is 12.7. The lowest BCUT2D eigenvalue weighted by atomic mass is 10.3. The number of nitrogens with zero attached hydrogens (tertiary/aromatic N) is 5. The minimum Gasteiger partial charge on any atom is -0.352 e. The van der Waals surface area contributed by atoms with Gasteiger partial charge in [-0.25, -0.2) is 15.0 Å². The summed E-state index contributed by atoms with van der Waals surface area (Å²) in [4.78, 5) is 15.7. The molecule has 5 nitrogen and oxygen atoms in total. The minimum absolute atomic E-state index is 0.111. The average Bonchev–Trinajstić information content (AvgIpc) is 2.55. The third-order valence-corrected chi connectivity index (χ3v) is 4.15. The lowest BCUT2D eigenvalue weighted by Crippen LogP contribution is -2.47. The first kappa shape index (κ1) is 16.0. The minimum atomic E-state index is -4.46. The number of rotatable bonds is 2. The molecule has 23 heavy (non-hydrogen) atoms. The molecule has 9 heteroatoms. The number of alkyl halides is 3. The van der Waals surface area contributed by atoms with Crippen molar-refractivity contribution in [3.63, 3.8) is 0 Å². The highest BCUT2D eigenvalue weighted by Crippen LogP contribution is 2.29. The number of anilines is 2. The molecule has 0 radical (unpaired) electrons. The van der Waals surface area contributed by atoms with Gasteiger partial charge in [0, 0.05) is 38.6 Å². The number of pyridine rings is 1. The fraction of sp³-hybridized carbons (Fsp3) is 0.357. The molecule has 3 rings (SSSR count). The van der Waals surface area contributed by atoms with Gasteiger partial charge in [-0.1, -0.05) is 0 Å². The van der Waals surface area contributed by atoms with Gasteiger partial charge in [-0.05, 0) is 34.1 Å². The molecule has 1 aliphatic heterocycles.